The summed E-state index contributed by atoms with van der Waals surface area (Å²) in [5.74, 6) is 2.49. The summed E-state index contributed by atoms with van der Waals surface area (Å²) in [6.45, 7) is 6.15. The highest BCUT2D eigenvalue weighted by atomic mass is 32.2. The summed E-state index contributed by atoms with van der Waals surface area (Å²) in [6.07, 6.45) is 1.20. The van der Waals surface area contributed by atoms with Crippen molar-refractivity contribution >= 4 is 39.8 Å². The third kappa shape index (κ3) is 4.88. The second kappa shape index (κ2) is 8.73. The highest BCUT2D eigenvalue weighted by Crippen LogP contribution is 2.31. The molecule has 1 fully saturated rings. The number of likely N-dealkylation sites (tertiary alicyclic amines) is 1. The first-order chi connectivity index (χ1) is 12.5. The molecule has 140 valence electrons. The number of ether oxygens (including phenoxy) is 1. The van der Waals surface area contributed by atoms with Crippen molar-refractivity contribution in [3.8, 4) is 5.75 Å². The monoisotopic (exact) mass is 392 g/mol. The molecule has 26 heavy (non-hydrogen) atoms. The molecule has 0 radical (unpaired) electrons. The van der Waals surface area contributed by atoms with Crippen LogP contribution in [0, 0.1) is 11.8 Å². The molecule has 1 aromatic heterocycles. The molecule has 2 atom stereocenters. The highest BCUT2D eigenvalue weighted by Gasteiger charge is 2.25. The number of aromatic nitrogens is 2. The molecule has 0 unspecified atom stereocenters. The zero-order chi connectivity index (χ0) is 18.5. The Kier molecular flexibility index (Phi) is 6.37. The third-order valence-corrected chi connectivity index (χ3v) is 6.25. The maximum absolute atomic E-state index is 12.5. The van der Waals surface area contributed by atoms with Gasteiger partial charge < -0.3 is 15.0 Å². The summed E-state index contributed by atoms with van der Waals surface area (Å²) in [5.41, 5.74) is 0.843. The van der Waals surface area contributed by atoms with E-state index in [2.05, 4.69) is 29.4 Å². The normalized spacial score (nSPS) is 20.0. The van der Waals surface area contributed by atoms with Gasteiger partial charge in [-0.2, -0.15) is 0 Å². The fourth-order valence-electron chi connectivity index (χ4n) is 3.26. The molecule has 6 nitrogen and oxygen atoms in total. The number of nitrogens with one attached hydrogen (secondary N) is 1. The van der Waals surface area contributed by atoms with E-state index in [9.17, 15) is 4.79 Å². The van der Waals surface area contributed by atoms with Crippen molar-refractivity contribution in [2.24, 2.45) is 11.8 Å². The van der Waals surface area contributed by atoms with E-state index < -0.39 is 0 Å². The van der Waals surface area contributed by atoms with Crippen LogP contribution in [0.15, 0.2) is 28.6 Å². The Morgan fingerprint density at radius 3 is 2.77 bits per heavy atom. The molecule has 8 heteroatoms. The minimum atomic E-state index is 0.183. The first-order valence-electron chi connectivity index (χ1n) is 8.69. The minimum absolute atomic E-state index is 0.183. The lowest BCUT2D eigenvalue weighted by molar-refractivity contribution is -0.130. The van der Waals surface area contributed by atoms with Crippen molar-refractivity contribution in [1.29, 1.82) is 0 Å². The predicted molar refractivity (Wildman–Crippen MR) is 106 cm³/mol. The lowest BCUT2D eigenvalue weighted by Crippen LogP contribution is -2.43. The van der Waals surface area contributed by atoms with Crippen molar-refractivity contribution in [2.45, 2.75) is 24.6 Å². The third-order valence-electron chi connectivity index (χ3n) is 4.30. The average molecular weight is 393 g/mol. The average Bonchev–Trinajstić information content (AvgIpc) is 3.06. The van der Waals surface area contributed by atoms with Crippen LogP contribution in [-0.4, -0.2) is 47.0 Å². The summed E-state index contributed by atoms with van der Waals surface area (Å²) in [5, 5.41) is 12.2. The van der Waals surface area contributed by atoms with Gasteiger partial charge in [0.2, 0.25) is 11.0 Å². The highest BCUT2D eigenvalue weighted by molar-refractivity contribution is 8.01. The molecule has 1 saturated heterocycles. The van der Waals surface area contributed by atoms with Crippen molar-refractivity contribution < 1.29 is 9.53 Å². The quantitative estimate of drug-likeness (QED) is 0.753. The Morgan fingerprint density at radius 2 is 2.04 bits per heavy atom. The van der Waals surface area contributed by atoms with Gasteiger partial charge in [0.15, 0.2) is 4.34 Å². The van der Waals surface area contributed by atoms with E-state index in [0.29, 0.717) is 22.7 Å². The summed E-state index contributed by atoms with van der Waals surface area (Å²) in [6, 6.07) is 7.66. The molecule has 2 heterocycles. The zero-order valence-electron chi connectivity index (χ0n) is 15.3. The van der Waals surface area contributed by atoms with Crippen molar-refractivity contribution in [3.05, 3.63) is 24.3 Å². The van der Waals surface area contributed by atoms with Gasteiger partial charge in [-0.05, 0) is 30.4 Å². The Hall–Kier alpha value is -1.80. The molecule has 0 saturated carbocycles. The Balaban J connectivity index is 1.54. The van der Waals surface area contributed by atoms with Gasteiger partial charge in [-0.3, -0.25) is 4.79 Å². The fourth-order valence-corrected chi connectivity index (χ4v) is 4.93. The molecule has 0 spiro atoms. The van der Waals surface area contributed by atoms with Crippen molar-refractivity contribution in [3.63, 3.8) is 0 Å². The summed E-state index contributed by atoms with van der Waals surface area (Å²) in [4.78, 5) is 14.5. The summed E-state index contributed by atoms with van der Waals surface area (Å²) in [7, 11) is 1.63. The predicted octanol–water partition coefficient (Wildman–Crippen LogP) is 3.89. The topological polar surface area (TPSA) is 67.3 Å². The SMILES string of the molecule is COc1ccccc1Nc1nnc(SCC(=O)N2C[C@@H](C)C[C@H](C)C2)s1. The molecule has 3 rings (SSSR count). The number of para-hydroxylation sites is 2. The van der Waals surface area contributed by atoms with Crippen molar-refractivity contribution in [1.82, 2.24) is 15.1 Å². The van der Waals surface area contributed by atoms with Crippen LogP contribution >= 0.6 is 23.1 Å². The number of nitrogens with zero attached hydrogens (tertiary/aromatic N) is 3. The maximum atomic E-state index is 12.5. The van der Waals surface area contributed by atoms with Gasteiger partial charge in [-0.25, -0.2) is 0 Å². The van der Waals surface area contributed by atoms with E-state index in [4.69, 9.17) is 4.74 Å². The van der Waals surface area contributed by atoms with E-state index in [1.807, 2.05) is 29.2 Å². The number of methoxy groups -OCH3 is 1. The van der Waals surface area contributed by atoms with Crippen LogP contribution < -0.4 is 10.1 Å². The van der Waals surface area contributed by atoms with Crippen LogP contribution in [0.1, 0.15) is 20.3 Å². The van der Waals surface area contributed by atoms with Crippen LogP contribution in [0.4, 0.5) is 10.8 Å². The fraction of sp³-hybridized carbons (Fsp3) is 0.500. The van der Waals surface area contributed by atoms with Gasteiger partial charge in [0, 0.05) is 13.1 Å². The molecular weight excluding hydrogens is 368 g/mol. The number of thioether (sulfide) groups is 1. The van der Waals surface area contributed by atoms with E-state index >= 15 is 0 Å². The Labute approximate surface area is 162 Å². The summed E-state index contributed by atoms with van der Waals surface area (Å²) >= 11 is 2.89. The zero-order valence-corrected chi connectivity index (χ0v) is 16.9. The van der Waals surface area contributed by atoms with Crippen LogP contribution in [0.25, 0.3) is 0 Å². The van der Waals surface area contributed by atoms with Gasteiger partial charge in [0.05, 0.1) is 18.6 Å². The molecule has 1 amide bonds. The van der Waals surface area contributed by atoms with Crippen LogP contribution in [0.3, 0.4) is 0 Å². The largest absolute Gasteiger partial charge is 0.495 e. The van der Waals surface area contributed by atoms with Gasteiger partial charge in [-0.15, -0.1) is 10.2 Å². The van der Waals surface area contributed by atoms with E-state index in [1.54, 1.807) is 7.11 Å². The number of carbonyl (C=O) groups excluding carboxylic acids is 1. The smallest absolute Gasteiger partial charge is 0.233 e. The van der Waals surface area contributed by atoms with Gasteiger partial charge >= 0.3 is 0 Å². The molecule has 1 aliphatic heterocycles. The molecular formula is C18H24N4O2S2. The first kappa shape index (κ1) is 19.0. The van der Waals surface area contributed by atoms with Crippen LogP contribution in [0.2, 0.25) is 0 Å². The lowest BCUT2D eigenvalue weighted by atomic mass is 9.92. The standard InChI is InChI=1S/C18H24N4O2S2/c1-12-8-13(2)10-22(9-12)16(23)11-25-18-21-20-17(26-18)19-14-6-4-5-7-15(14)24-3/h4-7,12-13H,8-11H2,1-3H3,(H,19,20)/t12-,13-/m0/s1. The molecule has 0 aliphatic carbocycles. The van der Waals surface area contributed by atoms with Gasteiger partial charge in [-0.1, -0.05) is 49.1 Å². The van der Waals surface area contributed by atoms with Crippen molar-refractivity contribution in [2.75, 3.05) is 31.3 Å². The van der Waals surface area contributed by atoms with Crippen LogP contribution in [0.5, 0.6) is 5.75 Å². The minimum Gasteiger partial charge on any atom is -0.495 e. The second-order valence-corrected chi connectivity index (χ2v) is 8.93. The second-order valence-electron chi connectivity index (χ2n) is 6.73. The number of carbonyl (C=O) groups is 1. The van der Waals surface area contributed by atoms with E-state index in [1.165, 1.54) is 29.5 Å². The van der Waals surface area contributed by atoms with E-state index in [0.717, 1.165) is 28.9 Å². The number of hydrogen-bond acceptors (Lipinski definition) is 7. The molecule has 2 aromatic rings. The number of anilines is 2. The van der Waals surface area contributed by atoms with E-state index in [-0.39, 0.29) is 5.91 Å². The Bertz CT molecular complexity index is 742. The maximum Gasteiger partial charge on any atom is 0.233 e. The number of amides is 1. The Morgan fingerprint density at radius 1 is 1.31 bits per heavy atom. The number of hydrogen-bond donors (Lipinski definition) is 1. The van der Waals surface area contributed by atoms with Gasteiger partial charge in [0.1, 0.15) is 5.75 Å². The molecule has 1 aliphatic rings. The molecule has 1 N–H and O–H groups in total. The molecule has 0 bridgehead atoms. The number of piperidine rings is 1. The first-order valence-corrected chi connectivity index (χ1v) is 10.5. The summed E-state index contributed by atoms with van der Waals surface area (Å²) < 4.78 is 6.11. The molecule has 1 aromatic carbocycles. The van der Waals surface area contributed by atoms with Crippen LogP contribution in [-0.2, 0) is 4.79 Å². The van der Waals surface area contributed by atoms with Gasteiger partial charge in [0.25, 0.3) is 0 Å². The number of benzene rings is 1. The number of rotatable bonds is 6. The lowest BCUT2D eigenvalue weighted by Gasteiger charge is -2.34.